The average Bonchev–Trinajstić information content (AvgIpc) is 3.22. The van der Waals surface area contributed by atoms with Crippen LogP contribution < -0.4 is 25.0 Å². The van der Waals surface area contributed by atoms with Gasteiger partial charge in [0.1, 0.15) is 18.0 Å². The molecule has 3 aliphatic rings. The second-order valence-electron chi connectivity index (χ2n) is 9.88. The van der Waals surface area contributed by atoms with E-state index < -0.39 is 6.36 Å². The van der Waals surface area contributed by atoms with Crippen molar-refractivity contribution >= 4 is 17.2 Å². The highest BCUT2D eigenvalue weighted by atomic mass is 19.4. The van der Waals surface area contributed by atoms with Gasteiger partial charge >= 0.3 is 6.36 Å². The third-order valence-electron chi connectivity index (χ3n) is 7.49. The van der Waals surface area contributed by atoms with Gasteiger partial charge in [0.25, 0.3) is 0 Å². The molecule has 1 spiro atoms. The van der Waals surface area contributed by atoms with Crippen molar-refractivity contribution in [2.24, 2.45) is 11.1 Å². The molecule has 1 saturated heterocycles. The monoisotopic (exact) mass is 488 g/mol. The molecule has 11 heteroatoms. The Balaban J connectivity index is 1.42. The summed E-state index contributed by atoms with van der Waals surface area (Å²) in [7, 11) is 2.02. The zero-order valence-electron chi connectivity index (χ0n) is 19.4. The van der Waals surface area contributed by atoms with Gasteiger partial charge in [-0.2, -0.15) is 0 Å². The Morgan fingerprint density at radius 2 is 1.94 bits per heavy atom. The summed E-state index contributed by atoms with van der Waals surface area (Å²) >= 11 is 0. The van der Waals surface area contributed by atoms with Crippen molar-refractivity contribution in [1.82, 2.24) is 14.6 Å². The van der Waals surface area contributed by atoms with Crippen LogP contribution >= 0.6 is 0 Å². The van der Waals surface area contributed by atoms with Crippen molar-refractivity contribution in [3.63, 3.8) is 0 Å². The summed E-state index contributed by atoms with van der Waals surface area (Å²) in [4.78, 5) is 8.96. The highest BCUT2D eigenvalue weighted by molar-refractivity contribution is 5.83. The Morgan fingerprint density at radius 3 is 2.66 bits per heavy atom. The van der Waals surface area contributed by atoms with Crippen molar-refractivity contribution in [3.8, 4) is 22.8 Å². The van der Waals surface area contributed by atoms with Gasteiger partial charge in [-0.1, -0.05) is 12.1 Å². The molecular weight excluding hydrogens is 461 g/mol. The Bertz CT molecular complexity index is 1260. The molecule has 1 aliphatic carbocycles. The van der Waals surface area contributed by atoms with E-state index in [2.05, 4.69) is 19.5 Å². The number of hydrogen-bond donors (Lipinski definition) is 1. The first-order chi connectivity index (χ1) is 16.7. The number of piperidine rings is 1. The van der Waals surface area contributed by atoms with Crippen molar-refractivity contribution in [1.29, 1.82) is 0 Å². The molecule has 2 fully saturated rings. The van der Waals surface area contributed by atoms with Crippen LogP contribution in [0, 0.1) is 5.41 Å². The normalized spacial score (nSPS) is 20.0. The molecule has 1 aromatic carbocycles. The molecule has 2 N–H and O–H groups in total. The van der Waals surface area contributed by atoms with Crippen LogP contribution in [0.15, 0.2) is 30.5 Å². The lowest BCUT2D eigenvalue weighted by Gasteiger charge is -2.51. The lowest BCUT2D eigenvalue weighted by molar-refractivity contribution is -0.274. The number of likely N-dealkylation sites (N-methyl/N-ethyl adjacent to an activating group) is 1. The molecular formula is C24H27F3N6O2. The minimum Gasteiger partial charge on any atom is -0.486 e. The fourth-order valence-corrected chi connectivity index (χ4v) is 5.74. The van der Waals surface area contributed by atoms with E-state index >= 15 is 0 Å². The maximum atomic E-state index is 12.8. The van der Waals surface area contributed by atoms with Gasteiger partial charge in [0.2, 0.25) is 0 Å². The molecule has 186 valence electrons. The van der Waals surface area contributed by atoms with Gasteiger partial charge in [0, 0.05) is 31.7 Å². The third kappa shape index (κ3) is 3.91. The van der Waals surface area contributed by atoms with Crippen LogP contribution in [0.3, 0.4) is 0 Å². The molecule has 2 aliphatic heterocycles. The van der Waals surface area contributed by atoms with Crippen LogP contribution in [0.5, 0.6) is 11.5 Å². The number of rotatable bonds is 3. The topological polar surface area (TPSA) is 81.2 Å². The lowest BCUT2D eigenvalue weighted by atomic mass is 9.61. The molecule has 4 heterocycles. The summed E-state index contributed by atoms with van der Waals surface area (Å²) in [6.07, 6.45) is 1.13. The molecule has 6 rings (SSSR count). The van der Waals surface area contributed by atoms with Crippen LogP contribution in [0.25, 0.3) is 16.9 Å². The Kier molecular flexibility index (Phi) is 5.03. The van der Waals surface area contributed by atoms with E-state index in [1.165, 1.54) is 18.2 Å². The fourth-order valence-electron chi connectivity index (χ4n) is 5.74. The molecule has 0 bridgehead atoms. The first-order valence-electron chi connectivity index (χ1n) is 11.8. The average molecular weight is 489 g/mol. The van der Waals surface area contributed by atoms with Gasteiger partial charge in [-0.25, -0.2) is 9.50 Å². The minimum atomic E-state index is -4.77. The van der Waals surface area contributed by atoms with Gasteiger partial charge < -0.3 is 25.0 Å². The number of nitrogens with two attached hydrogens (primary N) is 1. The van der Waals surface area contributed by atoms with E-state index in [9.17, 15) is 13.2 Å². The Hall–Kier alpha value is -3.21. The first-order valence-corrected chi connectivity index (χ1v) is 11.8. The van der Waals surface area contributed by atoms with Crippen molar-refractivity contribution in [2.45, 2.75) is 38.1 Å². The molecule has 0 unspecified atom stereocenters. The molecule has 0 amide bonds. The highest BCUT2D eigenvalue weighted by Crippen LogP contribution is 2.50. The predicted molar refractivity (Wildman–Crippen MR) is 125 cm³/mol. The molecule has 0 radical (unpaired) electrons. The largest absolute Gasteiger partial charge is 0.573 e. The van der Waals surface area contributed by atoms with Gasteiger partial charge in [-0.3, -0.25) is 0 Å². The van der Waals surface area contributed by atoms with E-state index in [1.807, 2.05) is 7.05 Å². The maximum absolute atomic E-state index is 12.8. The van der Waals surface area contributed by atoms with Gasteiger partial charge in [0.15, 0.2) is 17.2 Å². The maximum Gasteiger partial charge on any atom is 0.573 e. The summed E-state index contributed by atoms with van der Waals surface area (Å²) in [6.45, 7) is 2.98. The van der Waals surface area contributed by atoms with Crippen molar-refractivity contribution in [2.75, 3.05) is 43.1 Å². The van der Waals surface area contributed by atoms with Crippen LogP contribution in [-0.4, -0.2) is 60.3 Å². The number of halogens is 3. The van der Waals surface area contributed by atoms with Crippen LogP contribution in [-0.2, 0) is 0 Å². The van der Waals surface area contributed by atoms with Crippen molar-refractivity contribution < 1.29 is 22.6 Å². The number of fused-ring (bicyclic) bond motifs is 3. The Labute approximate surface area is 200 Å². The summed E-state index contributed by atoms with van der Waals surface area (Å²) in [5.41, 5.74) is 8.94. The molecule has 35 heavy (non-hydrogen) atoms. The molecule has 3 aromatic rings. The van der Waals surface area contributed by atoms with Gasteiger partial charge in [-0.15, -0.1) is 18.3 Å². The SMILES string of the molecule is CN1CCOc2c1c(N1CCC3(CC1)CC(N)C3)nn1c(-c3cccc(OC(F)(F)F)c3)cnc21. The van der Waals surface area contributed by atoms with Gasteiger partial charge in [-0.05, 0) is 43.2 Å². The lowest BCUT2D eigenvalue weighted by Crippen LogP contribution is -2.52. The zero-order valence-corrected chi connectivity index (χ0v) is 19.4. The zero-order chi connectivity index (χ0) is 24.4. The van der Waals surface area contributed by atoms with Crippen LogP contribution in [0.2, 0.25) is 0 Å². The number of alkyl halides is 3. The number of benzene rings is 1. The molecule has 1 saturated carbocycles. The number of hydrogen-bond acceptors (Lipinski definition) is 7. The molecule has 0 atom stereocenters. The predicted octanol–water partition coefficient (Wildman–Crippen LogP) is 3.83. The van der Waals surface area contributed by atoms with E-state index in [1.54, 1.807) is 16.8 Å². The first kappa shape index (κ1) is 22.3. The second kappa shape index (κ2) is 7.91. The number of nitrogens with zero attached hydrogens (tertiary/aromatic N) is 5. The van der Waals surface area contributed by atoms with E-state index in [0.717, 1.165) is 56.8 Å². The summed E-state index contributed by atoms with van der Waals surface area (Å²) < 4.78 is 50.2. The number of imidazole rings is 1. The number of aromatic nitrogens is 3. The second-order valence-corrected chi connectivity index (χ2v) is 9.88. The number of ether oxygens (including phenoxy) is 2. The van der Waals surface area contributed by atoms with E-state index in [-0.39, 0.29) is 5.75 Å². The third-order valence-corrected chi connectivity index (χ3v) is 7.49. The van der Waals surface area contributed by atoms with E-state index in [0.29, 0.717) is 40.7 Å². The fraction of sp³-hybridized carbons (Fsp3) is 0.500. The van der Waals surface area contributed by atoms with Gasteiger partial charge in [0.05, 0.1) is 18.4 Å². The minimum absolute atomic E-state index is 0.292. The number of anilines is 2. The summed E-state index contributed by atoms with van der Waals surface area (Å²) in [5, 5.41) is 4.98. The molecule has 8 nitrogen and oxygen atoms in total. The van der Waals surface area contributed by atoms with Crippen molar-refractivity contribution in [3.05, 3.63) is 30.5 Å². The Morgan fingerprint density at radius 1 is 1.17 bits per heavy atom. The highest BCUT2D eigenvalue weighted by Gasteiger charge is 2.45. The summed E-state index contributed by atoms with van der Waals surface area (Å²) in [6, 6.07) is 6.16. The standard InChI is InChI=1S/C24H27F3N6O2/c1-31-9-10-34-20-19(31)21(32-7-5-23(6-8-32)12-16(28)13-23)30-33-18(14-29-22(20)33)15-3-2-4-17(11-15)35-24(25,26)27/h2-4,11,14,16H,5-10,12-13,28H2,1H3. The quantitative estimate of drug-likeness (QED) is 0.600. The summed E-state index contributed by atoms with van der Waals surface area (Å²) in [5.74, 6) is 1.15. The smallest absolute Gasteiger partial charge is 0.486 e. The van der Waals surface area contributed by atoms with Crippen LogP contribution in [0.1, 0.15) is 25.7 Å². The molecule has 2 aromatic heterocycles. The van der Waals surface area contributed by atoms with E-state index in [4.69, 9.17) is 15.6 Å². The van der Waals surface area contributed by atoms with Crippen LogP contribution in [0.4, 0.5) is 24.7 Å².